The summed E-state index contributed by atoms with van der Waals surface area (Å²) in [6.45, 7) is 0. The molecule has 0 saturated heterocycles. The summed E-state index contributed by atoms with van der Waals surface area (Å²) in [6, 6.07) is 0. The molecule has 0 aromatic carbocycles. The van der Waals surface area contributed by atoms with Gasteiger partial charge in [0.25, 0.3) is 5.95 Å². The van der Waals surface area contributed by atoms with Crippen LogP contribution in [0.25, 0.3) is 0 Å². The van der Waals surface area contributed by atoms with Crippen molar-refractivity contribution in [1.29, 1.82) is 0 Å². The van der Waals surface area contributed by atoms with Crippen molar-refractivity contribution in [3.63, 3.8) is 0 Å². The Morgan fingerprint density at radius 3 is 3.12 bits per heavy atom. The van der Waals surface area contributed by atoms with Crippen LogP contribution in [0.3, 0.4) is 0 Å². The van der Waals surface area contributed by atoms with E-state index in [9.17, 15) is 0 Å². The number of hydrogen-bond acceptors (Lipinski definition) is 4. The smallest absolute Gasteiger partial charge is 0.262 e. The fraction of sp³-hybridized carbons (Fsp3) is 0.500. The van der Waals surface area contributed by atoms with Crippen molar-refractivity contribution in [2.24, 2.45) is 0 Å². The molecule has 6 heteroatoms. The summed E-state index contributed by atoms with van der Waals surface area (Å²) in [5.41, 5.74) is 0. The monoisotopic (exact) mass is 111 g/mol. The van der Waals surface area contributed by atoms with Gasteiger partial charge in [0.2, 0.25) is 0 Å². The van der Waals surface area contributed by atoms with Crippen LogP contribution < -0.4 is 5.32 Å². The summed E-state index contributed by atoms with van der Waals surface area (Å²) in [7, 11) is 1.97. The lowest BCUT2D eigenvalue weighted by Gasteiger charge is -1.88. The zero-order valence-electron chi connectivity index (χ0n) is 4.55. The third-order valence-electron chi connectivity index (χ3n) is 0.680. The van der Waals surface area contributed by atoms with Crippen molar-refractivity contribution in [3.8, 4) is 0 Å². The quantitative estimate of drug-likeness (QED) is 0.442. The Morgan fingerprint density at radius 2 is 2.62 bits per heavy atom. The number of anilines is 1. The molecule has 0 aliphatic rings. The van der Waals surface area contributed by atoms with Crippen LogP contribution in [0.4, 0.5) is 5.95 Å². The van der Waals surface area contributed by atoms with Crippen molar-refractivity contribution < 1.29 is 0 Å². The van der Waals surface area contributed by atoms with Gasteiger partial charge in [0.05, 0.1) is 0 Å². The van der Waals surface area contributed by atoms with Gasteiger partial charge >= 0.3 is 0 Å². The summed E-state index contributed by atoms with van der Waals surface area (Å²) < 4.78 is 0. The average Bonchev–Trinajstić information content (AvgIpc) is 2.19. The van der Waals surface area contributed by atoms with Gasteiger partial charge in [-0.1, -0.05) is 5.10 Å². The Balaban J connectivity index is 2.50. The van der Waals surface area contributed by atoms with E-state index < -0.39 is 0 Å². The predicted octanol–water partition coefficient (Wildman–Crippen LogP) is -1.80. The molecule has 8 heavy (non-hydrogen) atoms. The molecule has 0 radical (unpaired) electrons. The van der Waals surface area contributed by atoms with E-state index >= 15 is 0 Å². The van der Waals surface area contributed by atoms with Crippen LogP contribution in [-0.2, 0) is 0 Å². The van der Waals surface area contributed by atoms with E-state index in [0.717, 1.165) is 6.44 Å². The molecular weight excluding hydrogens is 105 g/mol. The minimum Gasteiger partial charge on any atom is -0.360 e. The zero-order chi connectivity index (χ0) is 5.82. The first-order valence-electron chi connectivity index (χ1n) is 2.41. The van der Waals surface area contributed by atoms with Crippen LogP contribution in [-0.4, -0.2) is 34.9 Å². The Morgan fingerprint density at radius 1 is 1.75 bits per heavy atom. The van der Waals surface area contributed by atoms with E-state index in [4.69, 9.17) is 0 Å². The number of hydrogen-bond donors (Lipinski definition) is 2. The van der Waals surface area contributed by atoms with Gasteiger partial charge in [-0.05, 0) is 11.7 Å². The normalized spacial score (nSPS) is 9.00. The molecule has 0 bridgehead atoms. The van der Waals surface area contributed by atoms with E-state index in [2.05, 4.69) is 25.9 Å². The number of tetrazole rings is 1. The van der Waals surface area contributed by atoms with Crippen molar-refractivity contribution in [1.82, 2.24) is 20.6 Å². The van der Waals surface area contributed by atoms with Crippen LogP contribution in [0.15, 0.2) is 0 Å². The molecule has 1 rings (SSSR count). The van der Waals surface area contributed by atoms with E-state index in [1.165, 1.54) is 0 Å². The van der Waals surface area contributed by atoms with E-state index in [0.29, 0.717) is 5.95 Å². The molecule has 0 amide bonds. The van der Waals surface area contributed by atoms with Gasteiger partial charge in [0.1, 0.15) is 7.85 Å². The van der Waals surface area contributed by atoms with Crippen LogP contribution >= 0.6 is 0 Å². The molecule has 0 aliphatic carbocycles. The lowest BCUT2D eigenvalue weighted by atomic mass is 10.2. The molecule has 0 saturated carbocycles. The molecule has 1 aromatic heterocycles. The van der Waals surface area contributed by atoms with Gasteiger partial charge in [0.15, 0.2) is 0 Å². The highest BCUT2D eigenvalue weighted by molar-refractivity contribution is 6.09. The van der Waals surface area contributed by atoms with Gasteiger partial charge in [-0.3, -0.25) is 0 Å². The molecule has 0 fully saturated rings. The summed E-state index contributed by atoms with van der Waals surface area (Å²) in [4.78, 5) is 0. The van der Waals surface area contributed by atoms with Gasteiger partial charge in [-0.25, -0.2) is 0 Å². The maximum absolute atomic E-state index is 3.65. The van der Waals surface area contributed by atoms with Gasteiger partial charge in [0, 0.05) is 0 Å². The third kappa shape index (κ3) is 0.957. The maximum atomic E-state index is 3.65. The number of H-pyrrole nitrogens is 1. The maximum Gasteiger partial charge on any atom is 0.262 e. The number of nitrogens with one attached hydrogen (secondary N) is 2. The Labute approximate surface area is 47.3 Å². The van der Waals surface area contributed by atoms with Crippen LogP contribution in [0.1, 0.15) is 0 Å². The molecule has 0 aliphatic heterocycles. The molecule has 5 nitrogen and oxygen atoms in total. The standard InChI is InChI=1S/C2H6BN5/c3-1-4-2-5-7-8-6-2/h1,3H2,(H2,4,5,6,7,8). The lowest BCUT2D eigenvalue weighted by molar-refractivity contribution is 0.881. The van der Waals surface area contributed by atoms with Crippen LogP contribution in [0.2, 0.25) is 0 Å². The van der Waals surface area contributed by atoms with Gasteiger partial charge < -0.3 is 5.32 Å². The fourth-order valence-electron chi connectivity index (χ4n) is 0.395. The van der Waals surface area contributed by atoms with Crippen molar-refractivity contribution >= 4 is 13.8 Å². The van der Waals surface area contributed by atoms with Crippen molar-refractivity contribution in [2.75, 3.05) is 11.8 Å². The summed E-state index contributed by atoms with van der Waals surface area (Å²) in [5, 5.41) is 15.8. The van der Waals surface area contributed by atoms with E-state index in [-0.39, 0.29) is 0 Å². The Kier molecular flexibility index (Phi) is 1.46. The minimum atomic E-state index is 0.549. The Hall–Kier alpha value is -1.07. The first-order valence-corrected chi connectivity index (χ1v) is 2.41. The molecule has 0 atom stereocenters. The second-order valence-corrected chi connectivity index (χ2v) is 1.27. The number of rotatable bonds is 2. The first kappa shape index (κ1) is 5.08. The van der Waals surface area contributed by atoms with Crippen LogP contribution in [0.5, 0.6) is 0 Å². The van der Waals surface area contributed by atoms with Crippen molar-refractivity contribution in [2.45, 2.75) is 0 Å². The SMILES string of the molecule is BCNc1nn[nH]n1. The number of aromatic amines is 1. The van der Waals surface area contributed by atoms with Gasteiger partial charge in [-0.2, -0.15) is 5.21 Å². The summed E-state index contributed by atoms with van der Waals surface area (Å²) >= 11 is 0. The van der Waals surface area contributed by atoms with E-state index in [1.807, 2.05) is 7.85 Å². The predicted molar refractivity (Wildman–Crippen MR) is 31.2 cm³/mol. The fourth-order valence-corrected chi connectivity index (χ4v) is 0.395. The third-order valence-corrected chi connectivity index (χ3v) is 0.680. The highest BCUT2D eigenvalue weighted by Gasteiger charge is 1.88. The summed E-state index contributed by atoms with van der Waals surface area (Å²) in [5.74, 6) is 0.549. The molecule has 1 heterocycles. The molecule has 1 aromatic rings. The first-order chi connectivity index (χ1) is 3.93. The highest BCUT2D eigenvalue weighted by atomic mass is 15.5. The topological polar surface area (TPSA) is 66.5 Å². The second kappa shape index (κ2) is 2.30. The second-order valence-electron chi connectivity index (χ2n) is 1.27. The van der Waals surface area contributed by atoms with Crippen molar-refractivity contribution in [3.05, 3.63) is 0 Å². The van der Waals surface area contributed by atoms with Crippen LogP contribution in [0, 0.1) is 0 Å². The number of nitrogens with zero attached hydrogens (tertiary/aromatic N) is 3. The van der Waals surface area contributed by atoms with Gasteiger partial charge in [-0.15, -0.1) is 5.10 Å². The zero-order valence-corrected chi connectivity index (χ0v) is 4.55. The number of aromatic nitrogens is 4. The molecule has 0 unspecified atom stereocenters. The largest absolute Gasteiger partial charge is 0.360 e. The minimum absolute atomic E-state index is 0.549. The molecule has 42 valence electrons. The average molecular weight is 111 g/mol. The van der Waals surface area contributed by atoms with E-state index in [1.54, 1.807) is 0 Å². The molecule has 2 N–H and O–H groups in total. The Bertz CT molecular complexity index is 136. The lowest BCUT2D eigenvalue weighted by Crippen LogP contribution is -2.01. The molecular formula is C2H6BN5. The summed E-state index contributed by atoms with van der Waals surface area (Å²) in [6.07, 6.45) is 0.819. The molecule has 0 spiro atoms. The highest BCUT2D eigenvalue weighted by Crippen LogP contribution is 1.84.